The molecule has 0 aromatic carbocycles. The summed E-state index contributed by atoms with van der Waals surface area (Å²) in [7, 11) is 1.31. The number of aromatic nitrogens is 1. The third kappa shape index (κ3) is 3.45. The molecule has 0 spiro atoms. The molecule has 1 N–H and O–H groups in total. The normalized spacial score (nSPS) is 18.6. The lowest BCUT2D eigenvalue weighted by atomic mass is 10.1. The Labute approximate surface area is 116 Å². The van der Waals surface area contributed by atoms with Crippen molar-refractivity contribution in [3.63, 3.8) is 0 Å². The average Bonchev–Trinajstić information content (AvgIpc) is 2.46. The number of methoxy groups -OCH3 is 1. The van der Waals surface area contributed by atoms with Crippen LogP contribution in [0.2, 0.25) is 0 Å². The Kier molecular flexibility index (Phi) is 4.52. The van der Waals surface area contributed by atoms with Crippen LogP contribution in [0.25, 0.3) is 0 Å². The predicted molar refractivity (Wildman–Crippen MR) is 68.2 cm³/mol. The van der Waals surface area contributed by atoms with Crippen LogP contribution in [0.1, 0.15) is 16.8 Å². The minimum absolute atomic E-state index is 0.0600. The van der Waals surface area contributed by atoms with Gasteiger partial charge in [-0.1, -0.05) is 0 Å². The number of ether oxygens (including phenoxy) is 2. The number of pyridine rings is 1. The SMILES string of the molecule is COC(=O)CC1CN(C(=O)c2cncc(O)c2)CCO1. The van der Waals surface area contributed by atoms with E-state index >= 15 is 0 Å². The number of aromatic hydroxyl groups is 1. The van der Waals surface area contributed by atoms with Crippen molar-refractivity contribution in [3.05, 3.63) is 24.0 Å². The Balaban J connectivity index is 2.01. The molecular formula is C13H16N2O5. The van der Waals surface area contributed by atoms with Crippen molar-refractivity contribution in [2.75, 3.05) is 26.8 Å². The Morgan fingerprint density at radius 2 is 2.35 bits per heavy atom. The van der Waals surface area contributed by atoms with Gasteiger partial charge in [-0.3, -0.25) is 14.6 Å². The fourth-order valence-electron chi connectivity index (χ4n) is 2.02. The summed E-state index contributed by atoms with van der Waals surface area (Å²) < 4.78 is 10.0. The first-order chi connectivity index (χ1) is 9.60. The fraction of sp³-hybridized carbons (Fsp3) is 0.462. The van der Waals surface area contributed by atoms with Crippen LogP contribution in [0, 0.1) is 0 Å². The number of esters is 1. The molecule has 1 saturated heterocycles. The van der Waals surface area contributed by atoms with Crippen LogP contribution in [-0.4, -0.2) is 59.8 Å². The molecule has 1 atom stereocenters. The number of morpholine rings is 1. The van der Waals surface area contributed by atoms with Crippen LogP contribution in [-0.2, 0) is 14.3 Å². The number of rotatable bonds is 3. The zero-order chi connectivity index (χ0) is 14.5. The minimum atomic E-state index is -0.372. The van der Waals surface area contributed by atoms with Gasteiger partial charge in [0, 0.05) is 19.3 Å². The highest BCUT2D eigenvalue weighted by Crippen LogP contribution is 2.15. The molecule has 0 saturated carbocycles. The van der Waals surface area contributed by atoms with Crippen LogP contribution in [0.5, 0.6) is 5.75 Å². The van der Waals surface area contributed by atoms with E-state index in [9.17, 15) is 14.7 Å². The Bertz CT molecular complexity index is 505. The molecule has 108 valence electrons. The van der Waals surface area contributed by atoms with E-state index in [4.69, 9.17) is 4.74 Å². The Morgan fingerprint density at radius 1 is 1.55 bits per heavy atom. The van der Waals surface area contributed by atoms with Gasteiger partial charge in [0.2, 0.25) is 0 Å². The van der Waals surface area contributed by atoms with Crippen molar-refractivity contribution in [1.29, 1.82) is 0 Å². The third-order valence-electron chi connectivity index (χ3n) is 3.02. The molecule has 0 aliphatic carbocycles. The van der Waals surface area contributed by atoms with Crippen LogP contribution >= 0.6 is 0 Å². The Hall–Kier alpha value is -2.15. The summed E-state index contributed by atoms with van der Waals surface area (Å²) in [5.41, 5.74) is 0.309. The van der Waals surface area contributed by atoms with E-state index in [0.717, 1.165) is 0 Å². The van der Waals surface area contributed by atoms with Crippen molar-refractivity contribution >= 4 is 11.9 Å². The lowest BCUT2D eigenvalue weighted by Crippen LogP contribution is -2.46. The average molecular weight is 280 g/mol. The number of carbonyl (C=O) groups excluding carboxylic acids is 2. The van der Waals surface area contributed by atoms with Crippen LogP contribution in [0.4, 0.5) is 0 Å². The fourth-order valence-corrected chi connectivity index (χ4v) is 2.02. The highest BCUT2D eigenvalue weighted by Gasteiger charge is 2.27. The molecule has 20 heavy (non-hydrogen) atoms. The molecule has 0 radical (unpaired) electrons. The minimum Gasteiger partial charge on any atom is -0.506 e. The van der Waals surface area contributed by atoms with E-state index in [1.165, 1.54) is 25.6 Å². The zero-order valence-electron chi connectivity index (χ0n) is 11.1. The summed E-state index contributed by atoms with van der Waals surface area (Å²) in [4.78, 5) is 28.8. The van der Waals surface area contributed by atoms with Gasteiger partial charge in [-0.15, -0.1) is 0 Å². The maximum atomic E-state index is 12.3. The van der Waals surface area contributed by atoms with Gasteiger partial charge in [-0.25, -0.2) is 0 Å². The van der Waals surface area contributed by atoms with Gasteiger partial charge < -0.3 is 19.5 Å². The first-order valence-electron chi connectivity index (χ1n) is 6.22. The maximum absolute atomic E-state index is 12.3. The van der Waals surface area contributed by atoms with E-state index in [1.54, 1.807) is 4.90 Å². The second-order valence-electron chi connectivity index (χ2n) is 4.46. The van der Waals surface area contributed by atoms with Crippen molar-refractivity contribution in [1.82, 2.24) is 9.88 Å². The number of amides is 1. The molecule has 7 nitrogen and oxygen atoms in total. The molecule has 1 unspecified atom stereocenters. The second-order valence-corrected chi connectivity index (χ2v) is 4.46. The largest absolute Gasteiger partial charge is 0.506 e. The summed E-state index contributed by atoms with van der Waals surface area (Å²) in [6, 6.07) is 1.36. The van der Waals surface area contributed by atoms with Crippen molar-refractivity contribution in [3.8, 4) is 5.75 Å². The maximum Gasteiger partial charge on any atom is 0.308 e. The molecule has 1 fully saturated rings. The van der Waals surface area contributed by atoms with E-state index in [1.807, 2.05) is 0 Å². The van der Waals surface area contributed by atoms with Crippen LogP contribution in [0.3, 0.4) is 0 Å². The molecule has 0 bridgehead atoms. The van der Waals surface area contributed by atoms with Gasteiger partial charge in [0.15, 0.2) is 0 Å². The van der Waals surface area contributed by atoms with Gasteiger partial charge in [0.25, 0.3) is 5.91 Å². The summed E-state index contributed by atoms with van der Waals surface area (Å²) in [5, 5.41) is 9.34. The summed E-state index contributed by atoms with van der Waals surface area (Å²) in [6.07, 6.45) is 2.40. The molecule has 2 heterocycles. The number of carbonyl (C=O) groups is 2. The first-order valence-corrected chi connectivity index (χ1v) is 6.22. The van der Waals surface area contributed by atoms with Gasteiger partial charge in [0.1, 0.15) is 5.75 Å². The lowest BCUT2D eigenvalue weighted by Gasteiger charge is -2.32. The summed E-state index contributed by atoms with van der Waals surface area (Å²) in [5.74, 6) is -0.676. The van der Waals surface area contributed by atoms with Crippen LogP contribution in [0.15, 0.2) is 18.5 Å². The molecule has 7 heteroatoms. The third-order valence-corrected chi connectivity index (χ3v) is 3.02. The monoisotopic (exact) mass is 280 g/mol. The standard InChI is InChI=1S/C13H16N2O5/c1-19-12(17)5-11-8-15(2-3-20-11)13(18)9-4-10(16)7-14-6-9/h4,6-7,11,16H,2-3,5,8H2,1H3. The quantitative estimate of drug-likeness (QED) is 0.795. The van der Waals surface area contributed by atoms with Crippen molar-refractivity contribution < 1.29 is 24.2 Å². The van der Waals surface area contributed by atoms with Crippen molar-refractivity contribution in [2.24, 2.45) is 0 Å². The number of nitrogens with zero attached hydrogens (tertiary/aromatic N) is 2. The highest BCUT2D eigenvalue weighted by atomic mass is 16.5. The molecular weight excluding hydrogens is 264 g/mol. The molecule has 1 aliphatic rings. The molecule has 1 aromatic rings. The van der Waals surface area contributed by atoms with E-state index in [2.05, 4.69) is 9.72 Å². The predicted octanol–water partition coefficient (Wildman–Crippen LogP) is 0.191. The number of hydrogen-bond acceptors (Lipinski definition) is 6. The van der Waals surface area contributed by atoms with Gasteiger partial charge in [-0.2, -0.15) is 0 Å². The molecule has 1 aromatic heterocycles. The van der Waals surface area contributed by atoms with Gasteiger partial charge in [0.05, 0.1) is 38.0 Å². The van der Waals surface area contributed by atoms with Gasteiger partial charge in [-0.05, 0) is 6.07 Å². The van der Waals surface area contributed by atoms with E-state index in [-0.39, 0.29) is 30.2 Å². The molecule has 1 aliphatic heterocycles. The lowest BCUT2D eigenvalue weighted by molar-refractivity contribution is -0.145. The smallest absolute Gasteiger partial charge is 0.308 e. The molecule has 2 rings (SSSR count). The Morgan fingerprint density at radius 3 is 3.05 bits per heavy atom. The summed E-state index contributed by atoms with van der Waals surface area (Å²) >= 11 is 0. The second kappa shape index (κ2) is 6.33. The van der Waals surface area contributed by atoms with Gasteiger partial charge >= 0.3 is 5.97 Å². The van der Waals surface area contributed by atoms with E-state index < -0.39 is 0 Å². The van der Waals surface area contributed by atoms with E-state index in [0.29, 0.717) is 25.3 Å². The zero-order valence-corrected chi connectivity index (χ0v) is 11.1. The summed E-state index contributed by atoms with van der Waals surface area (Å²) in [6.45, 7) is 1.11. The molecule has 1 amide bonds. The number of hydrogen-bond donors (Lipinski definition) is 1. The first kappa shape index (κ1) is 14.3. The highest BCUT2D eigenvalue weighted by molar-refractivity contribution is 5.94. The van der Waals surface area contributed by atoms with Crippen molar-refractivity contribution in [2.45, 2.75) is 12.5 Å². The van der Waals surface area contributed by atoms with Crippen LogP contribution < -0.4 is 0 Å². The topological polar surface area (TPSA) is 89.0 Å².